The standard InChI is InChI=1S/C12H16ClN3OS/c1-3-12(4-2,10(14)18)11(17)16-9-6-5-8(13)7-15-9/h5-7H,3-4H2,1-2H3,(H2,14,18)(H,15,16,17). The highest BCUT2D eigenvalue weighted by atomic mass is 35.5. The lowest BCUT2D eigenvalue weighted by atomic mass is 9.81. The lowest BCUT2D eigenvalue weighted by Gasteiger charge is -2.28. The minimum Gasteiger partial charge on any atom is -0.392 e. The fourth-order valence-corrected chi connectivity index (χ4v) is 2.21. The summed E-state index contributed by atoms with van der Waals surface area (Å²) in [7, 11) is 0. The van der Waals surface area contributed by atoms with Crippen molar-refractivity contribution in [3.05, 3.63) is 23.4 Å². The first-order valence-corrected chi connectivity index (χ1v) is 6.47. The smallest absolute Gasteiger partial charge is 0.238 e. The SMILES string of the molecule is CCC(CC)(C(=O)Nc1ccc(Cl)cn1)C(N)=S. The van der Waals surface area contributed by atoms with Crippen molar-refractivity contribution in [1.29, 1.82) is 0 Å². The van der Waals surface area contributed by atoms with Crippen molar-refractivity contribution in [3.8, 4) is 0 Å². The molecule has 0 aromatic carbocycles. The monoisotopic (exact) mass is 285 g/mol. The molecule has 0 atom stereocenters. The van der Waals surface area contributed by atoms with Crippen LogP contribution in [0.1, 0.15) is 26.7 Å². The molecule has 6 heteroatoms. The van der Waals surface area contributed by atoms with E-state index in [1.807, 2.05) is 13.8 Å². The first kappa shape index (κ1) is 14.9. The molecule has 1 amide bonds. The van der Waals surface area contributed by atoms with Crippen molar-refractivity contribution in [2.24, 2.45) is 11.1 Å². The average molecular weight is 286 g/mol. The van der Waals surface area contributed by atoms with Gasteiger partial charge in [-0.3, -0.25) is 4.79 Å². The van der Waals surface area contributed by atoms with E-state index in [4.69, 9.17) is 29.6 Å². The number of nitrogens with zero attached hydrogens (tertiary/aromatic N) is 1. The van der Waals surface area contributed by atoms with E-state index < -0.39 is 5.41 Å². The van der Waals surface area contributed by atoms with Gasteiger partial charge in [-0.05, 0) is 25.0 Å². The van der Waals surface area contributed by atoms with E-state index in [1.165, 1.54) is 6.20 Å². The number of nitrogens with two attached hydrogens (primary N) is 1. The lowest BCUT2D eigenvalue weighted by molar-refractivity contribution is -0.122. The van der Waals surface area contributed by atoms with Gasteiger partial charge in [0.05, 0.1) is 15.4 Å². The molecule has 1 aromatic heterocycles. The highest BCUT2D eigenvalue weighted by Gasteiger charge is 2.38. The lowest BCUT2D eigenvalue weighted by Crippen LogP contribution is -2.45. The zero-order chi connectivity index (χ0) is 13.8. The molecule has 3 N–H and O–H groups in total. The van der Waals surface area contributed by atoms with Crippen molar-refractivity contribution in [1.82, 2.24) is 4.98 Å². The molecule has 1 rings (SSSR count). The molecular weight excluding hydrogens is 270 g/mol. The Morgan fingerprint density at radius 1 is 1.50 bits per heavy atom. The summed E-state index contributed by atoms with van der Waals surface area (Å²) in [6, 6.07) is 3.29. The summed E-state index contributed by atoms with van der Waals surface area (Å²) >= 11 is 10.7. The van der Waals surface area contributed by atoms with Gasteiger partial charge in [0.25, 0.3) is 0 Å². The topological polar surface area (TPSA) is 68.0 Å². The van der Waals surface area contributed by atoms with Gasteiger partial charge in [0, 0.05) is 6.20 Å². The van der Waals surface area contributed by atoms with E-state index in [-0.39, 0.29) is 10.9 Å². The van der Waals surface area contributed by atoms with Crippen molar-refractivity contribution in [2.75, 3.05) is 5.32 Å². The molecule has 98 valence electrons. The van der Waals surface area contributed by atoms with Crippen molar-refractivity contribution in [3.63, 3.8) is 0 Å². The highest BCUT2D eigenvalue weighted by molar-refractivity contribution is 7.80. The number of anilines is 1. The van der Waals surface area contributed by atoms with Crippen LogP contribution in [0.4, 0.5) is 5.82 Å². The third kappa shape index (κ3) is 2.97. The predicted octanol–water partition coefficient (Wildman–Crippen LogP) is 2.77. The Labute approximate surface area is 117 Å². The predicted molar refractivity (Wildman–Crippen MR) is 77.7 cm³/mol. The molecular formula is C12H16ClN3OS. The van der Waals surface area contributed by atoms with Gasteiger partial charge in [-0.25, -0.2) is 4.98 Å². The van der Waals surface area contributed by atoms with Crippen LogP contribution in [0.3, 0.4) is 0 Å². The number of halogens is 1. The number of carbonyl (C=O) groups excluding carboxylic acids is 1. The van der Waals surface area contributed by atoms with Crippen molar-refractivity contribution < 1.29 is 4.79 Å². The molecule has 0 unspecified atom stereocenters. The molecule has 0 bridgehead atoms. The van der Waals surface area contributed by atoms with Crippen molar-refractivity contribution in [2.45, 2.75) is 26.7 Å². The Morgan fingerprint density at radius 3 is 2.50 bits per heavy atom. The van der Waals surface area contributed by atoms with Crippen molar-refractivity contribution >= 4 is 40.5 Å². The summed E-state index contributed by atoms with van der Waals surface area (Å²) in [5.41, 5.74) is 4.88. The van der Waals surface area contributed by atoms with Crippen LogP contribution in [0.5, 0.6) is 0 Å². The maximum absolute atomic E-state index is 12.3. The fraction of sp³-hybridized carbons (Fsp3) is 0.417. The van der Waals surface area contributed by atoms with Gasteiger partial charge in [-0.2, -0.15) is 0 Å². The summed E-state index contributed by atoms with van der Waals surface area (Å²) in [6.07, 6.45) is 2.58. The molecule has 0 saturated heterocycles. The Balaban J connectivity index is 2.92. The maximum Gasteiger partial charge on any atom is 0.238 e. The Bertz CT molecular complexity index is 443. The van der Waals surface area contributed by atoms with E-state index in [0.717, 1.165) is 0 Å². The van der Waals surface area contributed by atoms with Gasteiger partial charge in [-0.1, -0.05) is 37.7 Å². The first-order valence-electron chi connectivity index (χ1n) is 5.69. The molecule has 18 heavy (non-hydrogen) atoms. The van der Waals surface area contributed by atoms with E-state index >= 15 is 0 Å². The normalized spacial score (nSPS) is 11.1. The number of carbonyl (C=O) groups is 1. The van der Waals surface area contributed by atoms with Crippen LogP contribution in [0.15, 0.2) is 18.3 Å². The van der Waals surface area contributed by atoms with Gasteiger partial charge < -0.3 is 11.1 Å². The molecule has 0 saturated carbocycles. The second-order valence-corrected chi connectivity index (χ2v) is 4.85. The maximum atomic E-state index is 12.3. The van der Waals surface area contributed by atoms with Crippen LogP contribution in [0, 0.1) is 5.41 Å². The van der Waals surface area contributed by atoms with Crippen LogP contribution >= 0.6 is 23.8 Å². The van der Waals surface area contributed by atoms with E-state index in [0.29, 0.717) is 23.7 Å². The summed E-state index contributed by atoms with van der Waals surface area (Å²) in [6.45, 7) is 3.77. The summed E-state index contributed by atoms with van der Waals surface area (Å²) < 4.78 is 0. The Hall–Kier alpha value is -1.20. The fourth-order valence-electron chi connectivity index (χ4n) is 1.72. The molecule has 0 radical (unpaired) electrons. The summed E-state index contributed by atoms with van der Waals surface area (Å²) in [5, 5.41) is 3.23. The number of aromatic nitrogens is 1. The summed E-state index contributed by atoms with van der Waals surface area (Å²) in [5.74, 6) is 0.210. The quantitative estimate of drug-likeness (QED) is 0.816. The van der Waals surface area contributed by atoms with Gasteiger partial charge in [-0.15, -0.1) is 0 Å². The number of hydrogen-bond donors (Lipinski definition) is 2. The molecule has 0 aliphatic heterocycles. The minimum absolute atomic E-state index is 0.207. The number of hydrogen-bond acceptors (Lipinski definition) is 3. The zero-order valence-electron chi connectivity index (χ0n) is 10.4. The Morgan fingerprint density at radius 2 is 2.11 bits per heavy atom. The molecule has 1 heterocycles. The van der Waals surface area contributed by atoms with Crippen LogP contribution in [0.2, 0.25) is 5.02 Å². The average Bonchev–Trinajstić information content (AvgIpc) is 2.34. The Kier molecular flexibility index (Phi) is 5.04. The van der Waals surface area contributed by atoms with Gasteiger partial charge in [0.2, 0.25) is 5.91 Å². The number of rotatable bonds is 5. The van der Waals surface area contributed by atoms with E-state index in [9.17, 15) is 4.79 Å². The van der Waals surface area contributed by atoms with Crippen LogP contribution < -0.4 is 11.1 Å². The highest BCUT2D eigenvalue weighted by Crippen LogP contribution is 2.28. The second-order valence-electron chi connectivity index (χ2n) is 3.97. The number of thiocarbonyl (C=S) groups is 1. The molecule has 0 spiro atoms. The van der Waals surface area contributed by atoms with Crippen LogP contribution in [-0.2, 0) is 4.79 Å². The molecule has 4 nitrogen and oxygen atoms in total. The second kappa shape index (κ2) is 6.11. The zero-order valence-corrected chi connectivity index (χ0v) is 11.9. The van der Waals surface area contributed by atoms with Crippen LogP contribution in [0.25, 0.3) is 0 Å². The number of nitrogens with one attached hydrogen (secondary N) is 1. The first-order chi connectivity index (χ1) is 8.46. The van der Waals surface area contributed by atoms with Gasteiger partial charge >= 0.3 is 0 Å². The largest absolute Gasteiger partial charge is 0.392 e. The van der Waals surface area contributed by atoms with E-state index in [1.54, 1.807) is 12.1 Å². The van der Waals surface area contributed by atoms with E-state index in [2.05, 4.69) is 10.3 Å². The molecule has 1 aromatic rings. The van der Waals surface area contributed by atoms with Gasteiger partial charge in [0.15, 0.2) is 0 Å². The molecule has 0 aliphatic rings. The summed E-state index contributed by atoms with van der Waals surface area (Å²) in [4.78, 5) is 16.5. The van der Waals surface area contributed by atoms with Crippen LogP contribution in [-0.4, -0.2) is 15.9 Å². The number of amides is 1. The minimum atomic E-state index is -0.823. The van der Waals surface area contributed by atoms with Gasteiger partial charge in [0.1, 0.15) is 5.82 Å². The third-order valence-corrected chi connectivity index (χ3v) is 3.70. The molecule has 0 aliphatic carbocycles. The number of pyridine rings is 1. The molecule has 0 fully saturated rings. The third-order valence-electron chi connectivity index (χ3n) is 3.08.